The molecule has 1 atom stereocenters. The number of nitrogens with zero attached hydrogens (tertiary/aromatic N) is 1. The van der Waals surface area contributed by atoms with E-state index in [4.69, 9.17) is 4.74 Å². The highest BCUT2D eigenvalue weighted by Gasteiger charge is 2.18. The van der Waals surface area contributed by atoms with Gasteiger partial charge in [0.2, 0.25) is 0 Å². The van der Waals surface area contributed by atoms with E-state index in [9.17, 15) is 4.79 Å². The summed E-state index contributed by atoms with van der Waals surface area (Å²) in [6, 6.07) is 14.4. The van der Waals surface area contributed by atoms with Crippen LogP contribution in [0.1, 0.15) is 28.2 Å². The number of ether oxygens (including phenoxy) is 1. The summed E-state index contributed by atoms with van der Waals surface area (Å²) in [5.41, 5.74) is 2.34. The van der Waals surface area contributed by atoms with Crippen molar-refractivity contribution in [3.63, 3.8) is 0 Å². The average Bonchev–Trinajstić information content (AvgIpc) is 3.31. The highest BCUT2D eigenvalue weighted by Crippen LogP contribution is 2.28. The van der Waals surface area contributed by atoms with Crippen molar-refractivity contribution in [2.45, 2.75) is 25.9 Å². The summed E-state index contributed by atoms with van der Waals surface area (Å²) in [4.78, 5) is 13.1. The third kappa shape index (κ3) is 2.85. The second kappa shape index (κ2) is 6.42. The molecule has 24 heavy (non-hydrogen) atoms. The normalized spacial score (nSPS) is 17.5. The van der Waals surface area contributed by atoms with Crippen molar-refractivity contribution in [2.75, 3.05) is 13.2 Å². The minimum absolute atomic E-state index is 0.0177. The smallest absolute Gasteiger partial charge is 0.261 e. The Labute approximate surface area is 145 Å². The summed E-state index contributed by atoms with van der Waals surface area (Å²) in [7, 11) is 0. The van der Waals surface area contributed by atoms with E-state index in [1.165, 1.54) is 27.9 Å². The number of amides is 1. The fourth-order valence-corrected chi connectivity index (χ4v) is 4.25. The van der Waals surface area contributed by atoms with Gasteiger partial charge in [-0.2, -0.15) is 0 Å². The first-order valence-corrected chi connectivity index (χ1v) is 9.11. The topological polar surface area (TPSA) is 43.3 Å². The van der Waals surface area contributed by atoms with E-state index in [0.29, 0.717) is 6.54 Å². The Morgan fingerprint density at radius 3 is 3.04 bits per heavy atom. The molecule has 4 nitrogen and oxygen atoms in total. The van der Waals surface area contributed by atoms with E-state index in [1.807, 2.05) is 24.3 Å². The number of benzene rings is 1. The molecule has 4 rings (SSSR count). The number of fused-ring (bicyclic) bond motifs is 1. The maximum absolute atomic E-state index is 12.4. The number of carbonyl (C=O) groups excluding carboxylic acids is 1. The summed E-state index contributed by atoms with van der Waals surface area (Å²) in [6.45, 7) is 3.50. The Balaban J connectivity index is 1.55. The Morgan fingerprint density at radius 2 is 2.21 bits per heavy atom. The highest BCUT2D eigenvalue weighted by atomic mass is 32.1. The molecule has 1 amide bonds. The Bertz CT molecular complexity index is 875. The fourth-order valence-electron chi connectivity index (χ4n) is 3.25. The Kier molecular flexibility index (Phi) is 4.12. The molecule has 0 unspecified atom stereocenters. The van der Waals surface area contributed by atoms with Gasteiger partial charge in [0, 0.05) is 24.2 Å². The van der Waals surface area contributed by atoms with Crippen LogP contribution in [-0.2, 0) is 4.74 Å². The maximum Gasteiger partial charge on any atom is 0.261 e. The average molecular weight is 340 g/mol. The number of para-hydroxylation sites is 1. The van der Waals surface area contributed by atoms with Crippen molar-refractivity contribution in [1.29, 1.82) is 0 Å². The van der Waals surface area contributed by atoms with Gasteiger partial charge in [0.15, 0.2) is 0 Å². The number of aryl methyl sites for hydroxylation is 1. The van der Waals surface area contributed by atoms with Crippen molar-refractivity contribution >= 4 is 28.1 Å². The van der Waals surface area contributed by atoms with Crippen LogP contribution in [0.4, 0.5) is 0 Å². The van der Waals surface area contributed by atoms with Crippen LogP contribution in [-0.4, -0.2) is 29.7 Å². The first kappa shape index (κ1) is 15.4. The lowest BCUT2D eigenvalue weighted by atomic mass is 10.2. The van der Waals surface area contributed by atoms with Gasteiger partial charge in [0.05, 0.1) is 16.5 Å². The molecule has 3 aromatic rings. The van der Waals surface area contributed by atoms with Gasteiger partial charge in [-0.1, -0.05) is 18.2 Å². The van der Waals surface area contributed by atoms with Gasteiger partial charge in [-0.15, -0.1) is 11.3 Å². The number of hydrogen-bond donors (Lipinski definition) is 1. The lowest BCUT2D eigenvalue weighted by molar-refractivity contribution is 0.0861. The van der Waals surface area contributed by atoms with Gasteiger partial charge in [0.25, 0.3) is 5.91 Å². The first-order chi connectivity index (χ1) is 11.7. The van der Waals surface area contributed by atoms with Crippen molar-refractivity contribution < 1.29 is 9.53 Å². The molecule has 0 aliphatic carbocycles. The predicted molar refractivity (Wildman–Crippen MR) is 97.2 cm³/mol. The summed E-state index contributed by atoms with van der Waals surface area (Å²) in [5.74, 6) is -0.0177. The largest absolute Gasteiger partial charge is 0.376 e. The monoisotopic (exact) mass is 340 g/mol. The zero-order valence-electron chi connectivity index (χ0n) is 13.6. The molecule has 1 saturated heterocycles. The van der Waals surface area contributed by atoms with E-state index in [2.05, 4.69) is 35.0 Å². The molecule has 0 bridgehead atoms. The number of nitrogens with one attached hydrogen (secondary N) is 1. The van der Waals surface area contributed by atoms with E-state index < -0.39 is 0 Å². The molecule has 0 saturated carbocycles. The first-order valence-electron chi connectivity index (χ1n) is 8.29. The summed E-state index contributed by atoms with van der Waals surface area (Å²) >= 11 is 1.52. The van der Waals surface area contributed by atoms with Gasteiger partial charge in [-0.05, 0) is 44.0 Å². The third-order valence-corrected chi connectivity index (χ3v) is 5.51. The molecular formula is C19H20N2O2S. The van der Waals surface area contributed by atoms with E-state index >= 15 is 0 Å². The molecule has 5 heteroatoms. The Morgan fingerprint density at radius 1 is 1.33 bits per heavy atom. The fraction of sp³-hybridized carbons (Fsp3) is 0.316. The number of aromatic nitrogens is 1. The molecule has 0 radical (unpaired) electrons. The van der Waals surface area contributed by atoms with Crippen molar-refractivity contribution in [3.8, 4) is 5.00 Å². The van der Waals surface area contributed by atoms with E-state index in [0.717, 1.165) is 29.3 Å². The van der Waals surface area contributed by atoms with Gasteiger partial charge in [0.1, 0.15) is 5.00 Å². The van der Waals surface area contributed by atoms with E-state index in [1.54, 1.807) is 0 Å². The molecule has 1 aromatic carbocycles. The third-order valence-electron chi connectivity index (χ3n) is 4.45. The quantitative estimate of drug-likeness (QED) is 0.782. The van der Waals surface area contributed by atoms with Crippen LogP contribution in [0.15, 0.2) is 42.5 Å². The molecule has 1 fully saturated rings. The molecule has 2 aromatic heterocycles. The number of carbonyl (C=O) groups is 1. The van der Waals surface area contributed by atoms with Crippen molar-refractivity contribution in [2.24, 2.45) is 0 Å². The lowest BCUT2D eigenvalue weighted by Crippen LogP contribution is -2.31. The van der Waals surface area contributed by atoms with E-state index in [-0.39, 0.29) is 12.0 Å². The highest BCUT2D eigenvalue weighted by molar-refractivity contribution is 7.16. The molecule has 3 heterocycles. The minimum atomic E-state index is -0.0177. The van der Waals surface area contributed by atoms with Gasteiger partial charge < -0.3 is 14.6 Å². The van der Waals surface area contributed by atoms with Crippen LogP contribution in [0.25, 0.3) is 15.9 Å². The SMILES string of the molecule is Cc1cc2ccccc2n1-c1ccc(C(=O)NC[C@@H]2CCCO2)s1. The summed E-state index contributed by atoms with van der Waals surface area (Å²) in [6.07, 6.45) is 2.29. The second-order valence-corrected chi connectivity index (χ2v) is 7.23. The van der Waals surface area contributed by atoms with Crippen LogP contribution < -0.4 is 5.32 Å². The molecule has 124 valence electrons. The van der Waals surface area contributed by atoms with Crippen LogP contribution in [0.3, 0.4) is 0 Å². The summed E-state index contributed by atoms with van der Waals surface area (Å²) in [5, 5.41) is 5.27. The zero-order valence-corrected chi connectivity index (χ0v) is 14.4. The van der Waals surface area contributed by atoms with Crippen LogP contribution in [0.5, 0.6) is 0 Å². The van der Waals surface area contributed by atoms with Gasteiger partial charge in [-0.25, -0.2) is 0 Å². The molecule has 1 N–H and O–H groups in total. The van der Waals surface area contributed by atoms with Crippen LogP contribution in [0.2, 0.25) is 0 Å². The van der Waals surface area contributed by atoms with Crippen LogP contribution >= 0.6 is 11.3 Å². The zero-order chi connectivity index (χ0) is 16.5. The summed E-state index contributed by atoms with van der Waals surface area (Å²) < 4.78 is 7.76. The number of rotatable bonds is 4. The maximum atomic E-state index is 12.4. The molecule has 1 aliphatic rings. The predicted octanol–water partition coefficient (Wildman–Crippen LogP) is 3.91. The van der Waals surface area contributed by atoms with Crippen molar-refractivity contribution in [3.05, 3.63) is 53.0 Å². The lowest BCUT2D eigenvalue weighted by Gasteiger charge is -2.09. The molecule has 0 spiro atoms. The minimum Gasteiger partial charge on any atom is -0.376 e. The number of thiophene rings is 1. The van der Waals surface area contributed by atoms with Gasteiger partial charge >= 0.3 is 0 Å². The second-order valence-electron chi connectivity index (χ2n) is 6.16. The number of hydrogen-bond acceptors (Lipinski definition) is 3. The van der Waals surface area contributed by atoms with Crippen LogP contribution in [0, 0.1) is 6.92 Å². The standard InChI is InChI=1S/C19H20N2O2S/c1-13-11-14-5-2-3-7-16(14)21(13)18-9-8-17(24-18)19(22)20-12-15-6-4-10-23-15/h2-3,5,7-9,11,15H,4,6,10,12H2,1H3,(H,20,22)/t15-/m0/s1. The molecule has 1 aliphatic heterocycles. The molecular weight excluding hydrogens is 320 g/mol. The van der Waals surface area contributed by atoms with Crippen molar-refractivity contribution in [1.82, 2.24) is 9.88 Å². The Hall–Kier alpha value is -2.11. The van der Waals surface area contributed by atoms with Gasteiger partial charge in [-0.3, -0.25) is 4.79 Å².